The molecule has 1 heterocycles. The van der Waals surface area contributed by atoms with Crippen LogP contribution in [0.2, 0.25) is 0 Å². The molecular formula is C39H40N2O7S. The van der Waals surface area contributed by atoms with E-state index in [2.05, 4.69) is 4.72 Å². The molecule has 0 saturated carbocycles. The zero-order chi connectivity index (χ0) is 34.4. The Hall–Kier alpha value is -4.55. The largest absolute Gasteiger partial charge is 0.508 e. The number of nitrogens with zero attached hydrogens (tertiary/aromatic N) is 1. The number of aliphatic hydroxyl groups is 2. The second kappa shape index (κ2) is 15.3. The Kier molecular flexibility index (Phi) is 10.7. The van der Waals surface area contributed by atoms with E-state index in [-0.39, 0.29) is 29.7 Å². The Labute approximate surface area is 287 Å². The van der Waals surface area contributed by atoms with Gasteiger partial charge in [0.25, 0.3) is 10.0 Å². The Balaban J connectivity index is 1.34. The molecule has 0 bridgehead atoms. The quantitative estimate of drug-likeness (QED) is 0.121. The number of phenolic OH excluding ortho intramolecular Hbond substituents is 1. The normalized spacial score (nSPS) is 20.2. The second-order valence-electron chi connectivity index (χ2n) is 12.3. The SMILES string of the molecule is CN(CC(O)c1cccc(O)c1)CC1OC(c2cccc(NS(=O)(=O)c3ccccc3)c2)OC(c2ccc(CO)cc2)C1c1ccccc1. The third-order valence-electron chi connectivity index (χ3n) is 8.67. The average molecular weight is 681 g/mol. The van der Waals surface area contributed by atoms with Crippen molar-refractivity contribution in [3.63, 3.8) is 0 Å². The minimum atomic E-state index is -3.83. The molecule has 49 heavy (non-hydrogen) atoms. The lowest BCUT2D eigenvalue weighted by Gasteiger charge is -2.44. The first-order valence-electron chi connectivity index (χ1n) is 16.1. The summed E-state index contributed by atoms with van der Waals surface area (Å²) in [6.07, 6.45) is -2.63. The van der Waals surface area contributed by atoms with Crippen LogP contribution in [0.1, 0.15) is 52.2 Å². The van der Waals surface area contributed by atoms with Gasteiger partial charge in [-0.15, -0.1) is 0 Å². The lowest BCUT2D eigenvalue weighted by molar-refractivity contribution is -0.263. The van der Waals surface area contributed by atoms with Crippen molar-refractivity contribution in [1.82, 2.24) is 4.90 Å². The van der Waals surface area contributed by atoms with Crippen LogP contribution in [0.15, 0.2) is 138 Å². The van der Waals surface area contributed by atoms with Crippen LogP contribution in [0.3, 0.4) is 0 Å². The zero-order valence-corrected chi connectivity index (χ0v) is 27.9. The maximum atomic E-state index is 13.1. The number of rotatable bonds is 12. The molecule has 6 rings (SSSR count). The maximum Gasteiger partial charge on any atom is 0.261 e. The standard InChI is InChI=1S/C39H40N2O7S/c1-41(24-35(44)30-12-9-15-33(43)23-30)25-36-37(28-10-4-2-5-11-28)38(29-20-18-27(26-42)19-21-29)48-39(47-36)31-13-8-14-32(22-31)40-49(45,46)34-16-6-3-7-17-34/h2-23,35-40,42-44H,24-26H2,1H3. The molecule has 0 spiro atoms. The molecule has 254 valence electrons. The van der Waals surface area contributed by atoms with Crippen LogP contribution in [0.5, 0.6) is 5.75 Å². The third kappa shape index (κ3) is 8.37. The van der Waals surface area contributed by atoms with Crippen LogP contribution >= 0.6 is 0 Å². The summed E-state index contributed by atoms with van der Waals surface area (Å²) in [7, 11) is -1.92. The second-order valence-corrected chi connectivity index (χ2v) is 14.0. The lowest BCUT2D eigenvalue weighted by Crippen LogP contribution is -2.44. The molecule has 0 aliphatic carbocycles. The van der Waals surface area contributed by atoms with Gasteiger partial charge in [-0.05, 0) is 65.7 Å². The van der Waals surface area contributed by atoms with Gasteiger partial charge in [0, 0.05) is 30.3 Å². The van der Waals surface area contributed by atoms with Crippen molar-refractivity contribution in [2.45, 2.75) is 42.0 Å². The summed E-state index contributed by atoms with van der Waals surface area (Å²) in [6, 6.07) is 39.4. The highest BCUT2D eigenvalue weighted by molar-refractivity contribution is 7.92. The van der Waals surface area contributed by atoms with Crippen molar-refractivity contribution >= 4 is 15.7 Å². The number of phenols is 1. The third-order valence-corrected chi connectivity index (χ3v) is 10.1. The number of anilines is 1. The first-order chi connectivity index (χ1) is 23.7. The predicted octanol–water partition coefficient (Wildman–Crippen LogP) is 6.29. The van der Waals surface area contributed by atoms with Crippen molar-refractivity contribution in [1.29, 1.82) is 0 Å². The summed E-state index contributed by atoms with van der Waals surface area (Å²) in [4.78, 5) is 2.15. The van der Waals surface area contributed by atoms with E-state index in [0.29, 0.717) is 23.4 Å². The van der Waals surface area contributed by atoms with Crippen LogP contribution in [-0.4, -0.2) is 54.9 Å². The van der Waals surface area contributed by atoms with Gasteiger partial charge in [0.15, 0.2) is 6.29 Å². The first-order valence-corrected chi connectivity index (χ1v) is 17.6. The first kappa shape index (κ1) is 34.3. The van der Waals surface area contributed by atoms with E-state index < -0.39 is 34.6 Å². The molecule has 1 fully saturated rings. The Morgan fingerprint density at radius 1 is 0.776 bits per heavy atom. The monoisotopic (exact) mass is 680 g/mol. The van der Waals surface area contributed by atoms with Crippen molar-refractivity contribution in [2.24, 2.45) is 0 Å². The molecule has 5 atom stereocenters. The van der Waals surface area contributed by atoms with Crippen LogP contribution in [-0.2, 0) is 26.1 Å². The average Bonchev–Trinajstić information content (AvgIpc) is 3.12. The highest BCUT2D eigenvalue weighted by Crippen LogP contribution is 2.47. The summed E-state index contributed by atoms with van der Waals surface area (Å²) in [5, 5.41) is 30.7. The number of benzene rings is 5. The van der Waals surface area contributed by atoms with Crippen LogP contribution in [0.25, 0.3) is 0 Å². The van der Waals surface area contributed by atoms with Crippen molar-refractivity contribution in [2.75, 3.05) is 24.9 Å². The van der Waals surface area contributed by atoms with Crippen LogP contribution in [0, 0.1) is 0 Å². The van der Waals surface area contributed by atoms with E-state index in [4.69, 9.17) is 9.47 Å². The zero-order valence-electron chi connectivity index (χ0n) is 27.0. The predicted molar refractivity (Wildman–Crippen MR) is 187 cm³/mol. The van der Waals surface area contributed by atoms with E-state index in [1.807, 2.05) is 72.6 Å². The van der Waals surface area contributed by atoms with Gasteiger partial charge in [-0.25, -0.2) is 8.42 Å². The van der Waals surface area contributed by atoms with E-state index in [0.717, 1.165) is 16.7 Å². The highest BCUT2D eigenvalue weighted by Gasteiger charge is 2.42. The molecule has 1 aliphatic heterocycles. The number of hydrogen-bond acceptors (Lipinski definition) is 8. The van der Waals surface area contributed by atoms with Crippen molar-refractivity contribution in [3.05, 3.63) is 161 Å². The number of likely N-dealkylation sites (N-methyl/N-ethyl adjacent to an activating group) is 1. The van der Waals surface area contributed by atoms with Crippen LogP contribution in [0.4, 0.5) is 5.69 Å². The fourth-order valence-electron chi connectivity index (χ4n) is 6.24. The Bertz CT molecular complexity index is 1920. The van der Waals surface area contributed by atoms with Gasteiger partial charge in [-0.3, -0.25) is 4.72 Å². The minimum Gasteiger partial charge on any atom is -0.508 e. The summed E-state index contributed by atoms with van der Waals surface area (Å²) in [5.74, 6) is -0.181. The summed E-state index contributed by atoms with van der Waals surface area (Å²) >= 11 is 0. The summed E-state index contributed by atoms with van der Waals surface area (Å²) in [5.41, 5.74) is 4.28. The van der Waals surface area contributed by atoms with Gasteiger partial charge in [0.05, 0.1) is 29.8 Å². The van der Waals surface area contributed by atoms with Crippen molar-refractivity contribution < 1.29 is 33.2 Å². The molecule has 0 radical (unpaired) electrons. The van der Waals surface area contributed by atoms with E-state index in [9.17, 15) is 23.7 Å². The highest BCUT2D eigenvalue weighted by atomic mass is 32.2. The molecule has 5 unspecified atom stereocenters. The number of hydrogen-bond donors (Lipinski definition) is 4. The van der Waals surface area contributed by atoms with Crippen LogP contribution < -0.4 is 4.72 Å². The number of sulfonamides is 1. The topological polar surface area (TPSA) is 129 Å². The smallest absolute Gasteiger partial charge is 0.261 e. The number of aromatic hydroxyl groups is 1. The molecule has 0 amide bonds. The van der Waals surface area contributed by atoms with Gasteiger partial charge in [0.2, 0.25) is 0 Å². The number of nitrogens with one attached hydrogen (secondary N) is 1. The Morgan fingerprint density at radius 2 is 1.45 bits per heavy atom. The van der Waals surface area contributed by atoms with Gasteiger partial charge in [0.1, 0.15) is 5.75 Å². The van der Waals surface area contributed by atoms with E-state index >= 15 is 0 Å². The summed E-state index contributed by atoms with van der Waals surface area (Å²) in [6.45, 7) is 0.615. The summed E-state index contributed by atoms with van der Waals surface area (Å²) < 4.78 is 42.5. The molecule has 4 N–H and O–H groups in total. The van der Waals surface area contributed by atoms with Gasteiger partial charge < -0.3 is 29.7 Å². The van der Waals surface area contributed by atoms with E-state index in [1.165, 1.54) is 12.1 Å². The fourth-order valence-corrected chi connectivity index (χ4v) is 7.31. The molecule has 10 heteroatoms. The number of aliphatic hydroxyl groups excluding tert-OH is 2. The molecule has 1 aliphatic rings. The minimum absolute atomic E-state index is 0.0831. The van der Waals surface area contributed by atoms with Gasteiger partial charge in [-0.1, -0.05) is 97.1 Å². The Morgan fingerprint density at radius 3 is 2.14 bits per heavy atom. The maximum absolute atomic E-state index is 13.1. The number of ether oxygens (including phenoxy) is 2. The molecule has 5 aromatic carbocycles. The molecule has 0 aromatic heterocycles. The lowest BCUT2D eigenvalue weighted by atomic mass is 9.83. The van der Waals surface area contributed by atoms with Gasteiger partial charge >= 0.3 is 0 Å². The fraction of sp³-hybridized carbons (Fsp3) is 0.231. The molecular weight excluding hydrogens is 641 g/mol. The van der Waals surface area contributed by atoms with Crippen molar-refractivity contribution in [3.8, 4) is 5.75 Å². The molecule has 9 nitrogen and oxygen atoms in total. The van der Waals surface area contributed by atoms with E-state index in [1.54, 1.807) is 60.7 Å². The molecule has 5 aromatic rings. The van der Waals surface area contributed by atoms with Gasteiger partial charge in [-0.2, -0.15) is 0 Å². The molecule has 1 saturated heterocycles.